The summed E-state index contributed by atoms with van der Waals surface area (Å²) in [7, 11) is 1.36. The molecule has 5 heteroatoms. The van der Waals surface area contributed by atoms with Crippen molar-refractivity contribution in [2.45, 2.75) is 12.1 Å². The number of carbonyl (C=O) groups excluding carboxylic acids is 1. The Labute approximate surface area is 120 Å². The maximum absolute atomic E-state index is 11.9. The summed E-state index contributed by atoms with van der Waals surface area (Å²) in [6.07, 6.45) is -0.405. The Bertz CT molecular complexity index is 622. The number of nitrogens with zero attached hydrogens (tertiary/aromatic N) is 1. The molecule has 0 spiro atoms. The largest absolute Gasteiger partial charge is 0.467 e. The van der Waals surface area contributed by atoms with E-state index in [9.17, 15) is 4.79 Å². The highest BCUT2D eigenvalue weighted by Crippen LogP contribution is 2.34. The third kappa shape index (κ3) is 2.32. The fraction of sp³-hybridized carbons (Fsp3) is 0.200. The van der Waals surface area contributed by atoms with Crippen LogP contribution in [0.1, 0.15) is 16.5 Å². The van der Waals surface area contributed by atoms with E-state index in [-0.39, 0.29) is 5.97 Å². The number of carbonyl (C=O) groups is 1. The number of rotatable bonds is 3. The summed E-state index contributed by atoms with van der Waals surface area (Å²) in [5, 5.41) is 1.95. The van der Waals surface area contributed by atoms with Gasteiger partial charge >= 0.3 is 5.97 Å². The lowest BCUT2D eigenvalue weighted by molar-refractivity contribution is -0.143. The molecule has 0 saturated heterocycles. The van der Waals surface area contributed by atoms with Gasteiger partial charge < -0.3 is 9.47 Å². The highest BCUT2D eigenvalue weighted by molar-refractivity contribution is 7.10. The molecule has 0 N–H and O–H groups in total. The molecule has 1 aliphatic heterocycles. The van der Waals surface area contributed by atoms with Crippen molar-refractivity contribution in [3.05, 3.63) is 58.3 Å². The number of hydrogen-bond donors (Lipinski definition) is 0. The third-order valence-electron chi connectivity index (χ3n) is 3.07. The molecule has 1 aliphatic rings. The number of benzene rings is 1. The van der Waals surface area contributed by atoms with Crippen LogP contribution in [0.4, 0.5) is 0 Å². The van der Waals surface area contributed by atoms with Gasteiger partial charge in [-0.05, 0) is 23.6 Å². The van der Waals surface area contributed by atoms with Crippen molar-refractivity contribution in [3.8, 4) is 0 Å². The highest BCUT2D eigenvalue weighted by atomic mass is 32.1. The van der Waals surface area contributed by atoms with Crippen LogP contribution in [0.25, 0.3) is 0 Å². The zero-order valence-electron chi connectivity index (χ0n) is 10.9. The Hall–Kier alpha value is -2.14. The summed E-state index contributed by atoms with van der Waals surface area (Å²) in [6, 6.07) is 12.8. The van der Waals surface area contributed by atoms with Gasteiger partial charge in [-0.15, -0.1) is 11.3 Å². The van der Waals surface area contributed by atoms with E-state index in [4.69, 9.17) is 9.47 Å². The molecule has 0 bridgehead atoms. The first-order chi connectivity index (χ1) is 9.79. The first kappa shape index (κ1) is 12.9. The molecular weight excluding hydrogens is 274 g/mol. The van der Waals surface area contributed by atoms with Gasteiger partial charge in [0.2, 0.25) is 5.90 Å². The van der Waals surface area contributed by atoms with E-state index in [0.29, 0.717) is 5.90 Å². The van der Waals surface area contributed by atoms with Gasteiger partial charge in [-0.3, -0.25) is 0 Å². The molecule has 0 radical (unpaired) electrons. The molecule has 0 aliphatic carbocycles. The minimum absolute atomic E-state index is 0.380. The predicted molar refractivity (Wildman–Crippen MR) is 76.9 cm³/mol. The van der Waals surface area contributed by atoms with Gasteiger partial charge in [0.05, 0.1) is 7.11 Å². The van der Waals surface area contributed by atoms with Crippen LogP contribution in [0, 0.1) is 0 Å². The number of aliphatic imine (C=N–C) groups is 1. The molecule has 20 heavy (non-hydrogen) atoms. The van der Waals surface area contributed by atoms with Crippen LogP contribution in [0.15, 0.2) is 52.8 Å². The molecule has 0 fully saturated rings. The molecule has 0 saturated carbocycles. The lowest BCUT2D eigenvalue weighted by Gasteiger charge is -2.14. The van der Waals surface area contributed by atoms with Gasteiger partial charge in [-0.2, -0.15) is 0 Å². The van der Waals surface area contributed by atoms with Gasteiger partial charge in [0.25, 0.3) is 0 Å². The minimum Gasteiger partial charge on any atom is -0.467 e. The number of methoxy groups -OCH3 is 1. The molecule has 4 nitrogen and oxygen atoms in total. The van der Waals surface area contributed by atoms with E-state index in [1.54, 1.807) is 11.3 Å². The molecule has 2 aromatic rings. The zero-order chi connectivity index (χ0) is 13.9. The van der Waals surface area contributed by atoms with E-state index >= 15 is 0 Å². The van der Waals surface area contributed by atoms with Crippen molar-refractivity contribution in [1.82, 2.24) is 0 Å². The Morgan fingerprint density at radius 1 is 1.25 bits per heavy atom. The Morgan fingerprint density at radius 3 is 2.70 bits per heavy atom. The second kappa shape index (κ2) is 5.46. The Morgan fingerprint density at radius 2 is 2.05 bits per heavy atom. The maximum Gasteiger partial charge on any atom is 0.335 e. The number of hydrogen-bond acceptors (Lipinski definition) is 5. The predicted octanol–water partition coefficient (Wildman–Crippen LogP) is 2.81. The zero-order valence-corrected chi connectivity index (χ0v) is 11.7. The van der Waals surface area contributed by atoms with Crippen molar-refractivity contribution < 1.29 is 14.3 Å². The minimum atomic E-state index is -0.645. The number of esters is 1. The summed E-state index contributed by atoms with van der Waals surface area (Å²) >= 11 is 1.54. The summed E-state index contributed by atoms with van der Waals surface area (Å²) in [5.74, 6) is 0.105. The summed E-state index contributed by atoms with van der Waals surface area (Å²) in [5.41, 5.74) is 0.862. The molecule has 1 aromatic heterocycles. The first-order valence-corrected chi connectivity index (χ1v) is 7.08. The quantitative estimate of drug-likeness (QED) is 0.816. The van der Waals surface area contributed by atoms with Crippen molar-refractivity contribution in [2.24, 2.45) is 4.99 Å². The van der Waals surface area contributed by atoms with Gasteiger partial charge in [0.15, 0.2) is 12.1 Å². The Balaban J connectivity index is 1.93. The fourth-order valence-electron chi connectivity index (χ4n) is 2.10. The second-order valence-corrected chi connectivity index (χ2v) is 5.30. The number of thiophene rings is 1. The van der Waals surface area contributed by atoms with Gasteiger partial charge in [-0.1, -0.05) is 24.3 Å². The number of ether oxygens (including phenoxy) is 2. The topological polar surface area (TPSA) is 47.9 Å². The van der Waals surface area contributed by atoms with Crippen molar-refractivity contribution in [2.75, 3.05) is 7.11 Å². The van der Waals surface area contributed by atoms with Gasteiger partial charge in [-0.25, -0.2) is 9.79 Å². The monoisotopic (exact) mass is 287 g/mol. The van der Waals surface area contributed by atoms with Crippen LogP contribution >= 0.6 is 11.3 Å². The standard InChI is InChI=1S/C15H13NO3S/c1-18-15(17)12-13(11-8-5-9-20-11)19-14(16-12)10-6-3-2-4-7-10/h2-9,12-13H,1H3/t12-,13-/m0/s1. The molecule has 3 rings (SSSR count). The highest BCUT2D eigenvalue weighted by Gasteiger charge is 2.39. The summed E-state index contributed by atoms with van der Waals surface area (Å²) < 4.78 is 10.7. The van der Waals surface area contributed by atoms with Crippen LogP contribution in [0.3, 0.4) is 0 Å². The lowest BCUT2D eigenvalue weighted by atomic mass is 10.1. The molecule has 0 amide bonds. The van der Waals surface area contributed by atoms with E-state index in [1.807, 2.05) is 47.8 Å². The molecule has 2 heterocycles. The smallest absolute Gasteiger partial charge is 0.335 e. The SMILES string of the molecule is COC(=O)[C@H]1N=C(c2ccccc2)O[C@H]1c1cccs1. The van der Waals surface area contributed by atoms with Crippen molar-refractivity contribution in [1.29, 1.82) is 0 Å². The van der Waals surface area contributed by atoms with Crippen LogP contribution in [-0.2, 0) is 14.3 Å². The molecular formula is C15H13NO3S. The Kier molecular flexibility index (Phi) is 3.52. The third-order valence-corrected chi connectivity index (χ3v) is 4.00. The van der Waals surface area contributed by atoms with Crippen LogP contribution < -0.4 is 0 Å². The van der Waals surface area contributed by atoms with Crippen LogP contribution in [0.2, 0.25) is 0 Å². The average molecular weight is 287 g/mol. The van der Waals surface area contributed by atoms with Crippen molar-refractivity contribution in [3.63, 3.8) is 0 Å². The van der Waals surface area contributed by atoms with E-state index in [0.717, 1.165) is 10.4 Å². The lowest BCUT2D eigenvalue weighted by Crippen LogP contribution is -2.24. The maximum atomic E-state index is 11.9. The fourth-order valence-corrected chi connectivity index (χ4v) is 2.88. The van der Waals surface area contributed by atoms with Gasteiger partial charge in [0.1, 0.15) is 0 Å². The van der Waals surface area contributed by atoms with E-state index in [2.05, 4.69) is 4.99 Å². The molecule has 2 atom stereocenters. The van der Waals surface area contributed by atoms with E-state index in [1.165, 1.54) is 7.11 Å². The molecule has 102 valence electrons. The van der Waals surface area contributed by atoms with Crippen LogP contribution in [0.5, 0.6) is 0 Å². The summed E-state index contributed by atoms with van der Waals surface area (Å²) in [4.78, 5) is 17.3. The molecule has 0 unspecified atom stereocenters. The first-order valence-electron chi connectivity index (χ1n) is 6.20. The normalized spacial score (nSPS) is 21.1. The molecule has 1 aromatic carbocycles. The van der Waals surface area contributed by atoms with Crippen molar-refractivity contribution >= 4 is 23.2 Å². The summed E-state index contributed by atoms with van der Waals surface area (Å²) in [6.45, 7) is 0. The van der Waals surface area contributed by atoms with E-state index < -0.39 is 12.1 Å². The second-order valence-electron chi connectivity index (χ2n) is 4.32. The van der Waals surface area contributed by atoms with Crippen LogP contribution in [-0.4, -0.2) is 25.0 Å². The average Bonchev–Trinajstić information content (AvgIpc) is 3.16. The van der Waals surface area contributed by atoms with Gasteiger partial charge in [0, 0.05) is 10.4 Å².